The monoisotopic (exact) mass is 493 g/mol. The molecule has 10 nitrogen and oxygen atoms in total. The summed E-state index contributed by atoms with van der Waals surface area (Å²) >= 11 is 0. The number of esters is 1. The number of hydrogen-bond acceptors (Lipinski definition) is 9. The van der Waals surface area contributed by atoms with Crippen molar-refractivity contribution in [3.63, 3.8) is 0 Å². The van der Waals surface area contributed by atoms with Crippen molar-refractivity contribution in [2.24, 2.45) is 22.7 Å². The lowest BCUT2D eigenvalue weighted by Crippen LogP contribution is -2.75. The molecule has 0 radical (unpaired) electrons. The van der Waals surface area contributed by atoms with Gasteiger partial charge in [0, 0.05) is 18.0 Å². The second-order valence-corrected chi connectivity index (χ2v) is 12.4. The normalized spacial score (nSPS) is 59.8. The molecule has 1 aromatic rings. The maximum Gasteiger partial charge on any atom is 0.355 e. The Kier molecular flexibility index (Phi) is 4.06. The molecule has 35 heavy (non-hydrogen) atoms. The number of ether oxygens (including phenoxy) is 2. The summed E-state index contributed by atoms with van der Waals surface area (Å²) in [6, 6.07) is 3.06. The number of rotatable bonds is 3. The van der Waals surface area contributed by atoms with Crippen molar-refractivity contribution >= 4 is 5.97 Å². The Bertz CT molecular complexity index is 1130. The largest absolute Gasteiger partial charge is 0.451 e. The van der Waals surface area contributed by atoms with Crippen molar-refractivity contribution in [1.82, 2.24) is 4.98 Å². The van der Waals surface area contributed by atoms with Crippen LogP contribution in [0, 0.1) is 22.7 Å². The lowest BCUT2D eigenvalue weighted by Gasteiger charge is -2.60. The molecule has 10 heteroatoms. The average molecular weight is 494 g/mol. The lowest BCUT2D eigenvalue weighted by molar-refractivity contribution is -0.390. The van der Waals surface area contributed by atoms with Crippen molar-refractivity contribution < 1.29 is 44.9 Å². The van der Waals surface area contributed by atoms with Gasteiger partial charge in [0.1, 0.15) is 28.1 Å². The molecule has 4 aliphatic carbocycles. The molecule has 1 aromatic heterocycles. The third-order valence-electron chi connectivity index (χ3n) is 11.3. The van der Waals surface area contributed by atoms with Crippen LogP contribution in [-0.4, -0.2) is 87.6 Å². The van der Waals surface area contributed by atoms with Crippen LogP contribution in [0.4, 0.5) is 0 Å². The zero-order valence-corrected chi connectivity index (χ0v) is 20.6. The predicted molar refractivity (Wildman–Crippen MR) is 119 cm³/mol. The molecule has 194 valence electrons. The van der Waals surface area contributed by atoms with Crippen LogP contribution in [0.5, 0.6) is 0 Å². The Labute approximate surface area is 202 Å². The number of aliphatic hydroxyl groups excluding tert-OH is 1. The highest BCUT2D eigenvalue weighted by Gasteiger charge is 3.10. The number of H-pyrrole nitrogens is 1. The SMILES string of the molecule is CC(C)[C@@]1(O)[C@@H](OC(=O)c2ccc[nH]2)[C@@]2(O)[C@@]3(C)C[C@]4(O)O[C@@]5([C@H](O)[C@@H](C)CC[C@@]35O)[C@@]2(O)[C@@]14C. The molecule has 0 amide bonds. The van der Waals surface area contributed by atoms with Gasteiger partial charge >= 0.3 is 5.97 Å². The second kappa shape index (κ2) is 5.96. The van der Waals surface area contributed by atoms with Gasteiger partial charge in [-0.1, -0.05) is 27.7 Å². The lowest BCUT2D eigenvalue weighted by atomic mass is 9.52. The second-order valence-electron chi connectivity index (χ2n) is 12.4. The molecule has 0 aromatic carbocycles. The molecule has 0 unspecified atom stereocenters. The summed E-state index contributed by atoms with van der Waals surface area (Å²) < 4.78 is 12.1. The molecule has 4 saturated carbocycles. The van der Waals surface area contributed by atoms with E-state index in [1.54, 1.807) is 26.8 Å². The fraction of sp³-hybridized carbons (Fsp3) is 0.800. The highest BCUT2D eigenvalue weighted by Crippen LogP contribution is 2.90. The van der Waals surface area contributed by atoms with E-state index in [2.05, 4.69) is 4.98 Å². The van der Waals surface area contributed by atoms with Crippen molar-refractivity contribution in [2.45, 2.75) is 99.9 Å². The minimum absolute atomic E-state index is 0.0654. The van der Waals surface area contributed by atoms with Crippen LogP contribution in [0.3, 0.4) is 0 Å². The van der Waals surface area contributed by atoms with Gasteiger partial charge < -0.3 is 45.1 Å². The maximum absolute atomic E-state index is 13.2. The number of carbonyl (C=O) groups excluding carboxylic acids is 1. The smallest absolute Gasteiger partial charge is 0.355 e. The van der Waals surface area contributed by atoms with Crippen molar-refractivity contribution in [2.75, 3.05) is 0 Å². The van der Waals surface area contributed by atoms with Crippen LogP contribution in [-0.2, 0) is 9.47 Å². The van der Waals surface area contributed by atoms with E-state index in [-0.39, 0.29) is 18.5 Å². The molecule has 11 atom stereocenters. The quantitative estimate of drug-likeness (QED) is 0.282. The summed E-state index contributed by atoms with van der Waals surface area (Å²) in [7, 11) is 0. The van der Waals surface area contributed by atoms with E-state index in [4.69, 9.17) is 9.47 Å². The molecule has 2 aliphatic heterocycles. The molecule has 6 bridgehead atoms. The zero-order chi connectivity index (χ0) is 25.8. The fourth-order valence-corrected chi connectivity index (χ4v) is 9.56. The molecule has 7 rings (SSSR count). The molecule has 7 N–H and O–H groups in total. The Morgan fingerprint density at radius 1 is 1.20 bits per heavy atom. The highest BCUT2D eigenvalue weighted by atomic mass is 16.7. The first-order valence-corrected chi connectivity index (χ1v) is 12.4. The Morgan fingerprint density at radius 2 is 1.86 bits per heavy atom. The van der Waals surface area contributed by atoms with Crippen molar-refractivity contribution in [3.05, 3.63) is 24.0 Å². The summed E-state index contributed by atoms with van der Waals surface area (Å²) in [5.74, 6) is -4.34. The van der Waals surface area contributed by atoms with E-state index < -0.39 is 74.6 Å². The highest BCUT2D eigenvalue weighted by molar-refractivity contribution is 5.87. The van der Waals surface area contributed by atoms with Crippen LogP contribution < -0.4 is 0 Å². The Hall–Kier alpha value is -1.53. The molecular formula is C25H35NO9. The van der Waals surface area contributed by atoms with E-state index in [0.29, 0.717) is 6.42 Å². The number of aromatic amines is 1. The van der Waals surface area contributed by atoms with E-state index in [1.165, 1.54) is 26.1 Å². The van der Waals surface area contributed by atoms with Crippen molar-refractivity contribution in [1.29, 1.82) is 0 Å². The summed E-state index contributed by atoms with van der Waals surface area (Å²) in [4.78, 5) is 15.9. The van der Waals surface area contributed by atoms with E-state index in [0.717, 1.165) is 0 Å². The zero-order valence-electron chi connectivity index (χ0n) is 20.6. The van der Waals surface area contributed by atoms with E-state index >= 15 is 0 Å². The van der Waals surface area contributed by atoms with Gasteiger partial charge in [-0.3, -0.25) is 0 Å². The maximum atomic E-state index is 13.2. The molecule has 2 saturated heterocycles. The third-order valence-corrected chi connectivity index (χ3v) is 11.3. The average Bonchev–Trinajstić information content (AvgIpc) is 3.41. The molecule has 6 aliphatic rings. The van der Waals surface area contributed by atoms with Gasteiger partial charge in [-0.2, -0.15) is 0 Å². The molecule has 1 spiro atoms. The van der Waals surface area contributed by atoms with Crippen LogP contribution in [0.2, 0.25) is 0 Å². The predicted octanol–water partition coefficient (Wildman–Crippen LogP) is -0.188. The van der Waals surface area contributed by atoms with E-state index in [1.807, 2.05) is 0 Å². The molecule has 3 heterocycles. The summed E-state index contributed by atoms with van der Waals surface area (Å²) in [6.07, 6.45) is -1.63. The standard InChI is InChI=1S/C25H35NO9/c1-12(2)22(31)17(34-16(28)14-7-6-10-26-14)23(32)18(4)11-21(30)19(22,5)25(23,33)24(35-21)15(27)13(3)8-9-20(18,24)29/h6-7,10,12-13,15,17,26-27,29-33H,8-9,11H2,1-5H3/t13-,15+,17+,18-,19+,20+,21-,22+,23+,24+,25+/m0/s1. The summed E-state index contributed by atoms with van der Waals surface area (Å²) in [6.45, 7) is 7.91. The van der Waals surface area contributed by atoms with Gasteiger partial charge in [0.2, 0.25) is 0 Å². The number of aromatic nitrogens is 1. The molecular weight excluding hydrogens is 458 g/mol. The van der Waals surface area contributed by atoms with E-state index in [9.17, 15) is 35.4 Å². The van der Waals surface area contributed by atoms with Gasteiger partial charge in [-0.05, 0) is 43.7 Å². The molecule has 6 fully saturated rings. The van der Waals surface area contributed by atoms with Gasteiger partial charge in [0.15, 0.2) is 17.5 Å². The number of aliphatic hydroxyl groups is 6. The first kappa shape index (κ1) is 23.8. The van der Waals surface area contributed by atoms with Crippen LogP contribution in [0.25, 0.3) is 0 Å². The Balaban J connectivity index is 1.69. The van der Waals surface area contributed by atoms with Crippen LogP contribution in [0.1, 0.15) is 64.4 Å². The van der Waals surface area contributed by atoms with Gasteiger partial charge in [0.25, 0.3) is 0 Å². The Morgan fingerprint density at radius 3 is 2.43 bits per heavy atom. The number of nitrogens with one attached hydrogen (secondary N) is 1. The summed E-state index contributed by atoms with van der Waals surface area (Å²) in [5, 5.41) is 73.9. The summed E-state index contributed by atoms with van der Waals surface area (Å²) in [5.41, 5.74) is -15.2. The first-order chi connectivity index (χ1) is 16.0. The minimum Gasteiger partial charge on any atom is -0.451 e. The first-order valence-electron chi connectivity index (χ1n) is 12.4. The van der Waals surface area contributed by atoms with Crippen LogP contribution >= 0.6 is 0 Å². The van der Waals surface area contributed by atoms with Gasteiger partial charge in [-0.15, -0.1) is 0 Å². The third kappa shape index (κ3) is 1.74. The number of carbonyl (C=O) groups is 1. The topological polar surface area (TPSA) is 173 Å². The van der Waals surface area contributed by atoms with Gasteiger partial charge in [-0.25, -0.2) is 4.79 Å². The number of hydrogen-bond donors (Lipinski definition) is 7. The fourth-order valence-electron chi connectivity index (χ4n) is 9.56. The van der Waals surface area contributed by atoms with Gasteiger partial charge in [0.05, 0.1) is 11.5 Å². The minimum atomic E-state index is -2.59. The van der Waals surface area contributed by atoms with Crippen LogP contribution in [0.15, 0.2) is 18.3 Å². The van der Waals surface area contributed by atoms with Crippen molar-refractivity contribution in [3.8, 4) is 0 Å².